The normalized spacial score (nSPS) is 13.0. The van der Waals surface area contributed by atoms with Crippen LogP contribution in [0, 0.1) is 11.6 Å². The first-order valence-electron chi connectivity index (χ1n) is 11.1. The molecule has 0 fully saturated rings. The van der Waals surface area contributed by atoms with E-state index in [0.29, 0.717) is 16.9 Å². The molecule has 10 heteroatoms. The number of benzene rings is 2. The van der Waals surface area contributed by atoms with E-state index in [-0.39, 0.29) is 30.0 Å². The molecule has 1 amide bonds. The topological polar surface area (TPSA) is 93.1 Å². The lowest BCUT2D eigenvalue weighted by molar-refractivity contribution is -0.122. The highest BCUT2D eigenvalue weighted by atomic mass is 32.2. The SMILES string of the molecule is CC(C(=O)NCc1cc(C(C)(C)C)nn1-c1cccc(F)c1)c1ccc(CNS(C)(=O)=O)c(F)c1. The highest BCUT2D eigenvalue weighted by molar-refractivity contribution is 7.88. The first-order valence-corrected chi connectivity index (χ1v) is 13.0. The number of carbonyl (C=O) groups excluding carboxylic acids is 1. The summed E-state index contributed by atoms with van der Waals surface area (Å²) >= 11 is 0. The lowest BCUT2D eigenvalue weighted by atomic mass is 9.92. The summed E-state index contributed by atoms with van der Waals surface area (Å²) in [5, 5.41) is 7.49. The summed E-state index contributed by atoms with van der Waals surface area (Å²) in [5.74, 6) is -1.97. The molecule has 0 bridgehead atoms. The van der Waals surface area contributed by atoms with Gasteiger partial charge in [-0.2, -0.15) is 5.10 Å². The molecule has 2 N–H and O–H groups in total. The Hall–Kier alpha value is -3.11. The van der Waals surface area contributed by atoms with Crippen molar-refractivity contribution in [2.75, 3.05) is 6.26 Å². The molecule has 0 aliphatic rings. The number of carbonyl (C=O) groups is 1. The van der Waals surface area contributed by atoms with E-state index in [1.807, 2.05) is 26.8 Å². The van der Waals surface area contributed by atoms with Gasteiger partial charge >= 0.3 is 0 Å². The quantitative estimate of drug-likeness (QED) is 0.486. The number of sulfonamides is 1. The Balaban J connectivity index is 1.76. The smallest absolute Gasteiger partial charge is 0.227 e. The minimum atomic E-state index is -3.46. The average molecular weight is 505 g/mol. The van der Waals surface area contributed by atoms with Gasteiger partial charge in [-0.3, -0.25) is 4.79 Å². The van der Waals surface area contributed by atoms with Crippen molar-refractivity contribution in [2.24, 2.45) is 0 Å². The van der Waals surface area contributed by atoms with Crippen molar-refractivity contribution in [3.8, 4) is 5.69 Å². The predicted molar refractivity (Wildman–Crippen MR) is 131 cm³/mol. The molecule has 0 spiro atoms. The summed E-state index contributed by atoms with van der Waals surface area (Å²) in [5.41, 5.74) is 2.39. The third-order valence-electron chi connectivity index (χ3n) is 5.54. The van der Waals surface area contributed by atoms with Gasteiger partial charge in [-0.1, -0.05) is 39.0 Å². The zero-order valence-electron chi connectivity index (χ0n) is 20.4. The van der Waals surface area contributed by atoms with E-state index in [2.05, 4.69) is 15.1 Å². The number of amides is 1. The number of hydrogen-bond acceptors (Lipinski definition) is 4. The van der Waals surface area contributed by atoms with Crippen LogP contribution in [0.2, 0.25) is 0 Å². The average Bonchev–Trinajstić information content (AvgIpc) is 3.20. The zero-order chi connectivity index (χ0) is 26.0. The van der Waals surface area contributed by atoms with Crippen molar-refractivity contribution in [1.29, 1.82) is 0 Å². The van der Waals surface area contributed by atoms with Crippen LogP contribution < -0.4 is 10.0 Å². The van der Waals surface area contributed by atoms with Gasteiger partial charge in [0.1, 0.15) is 11.6 Å². The number of aromatic nitrogens is 2. The predicted octanol–water partition coefficient (Wildman–Crippen LogP) is 3.92. The highest BCUT2D eigenvalue weighted by Crippen LogP contribution is 2.24. The molecule has 0 saturated carbocycles. The monoisotopic (exact) mass is 504 g/mol. The van der Waals surface area contributed by atoms with Crippen LogP contribution in [0.25, 0.3) is 5.69 Å². The third-order valence-corrected chi connectivity index (χ3v) is 6.21. The van der Waals surface area contributed by atoms with Crippen LogP contribution in [0.4, 0.5) is 8.78 Å². The van der Waals surface area contributed by atoms with Crippen molar-refractivity contribution < 1.29 is 22.0 Å². The van der Waals surface area contributed by atoms with E-state index >= 15 is 0 Å². The van der Waals surface area contributed by atoms with Gasteiger partial charge in [-0.25, -0.2) is 26.6 Å². The van der Waals surface area contributed by atoms with Crippen molar-refractivity contribution in [3.05, 3.63) is 82.7 Å². The van der Waals surface area contributed by atoms with Crippen LogP contribution in [0.1, 0.15) is 56.1 Å². The van der Waals surface area contributed by atoms with Gasteiger partial charge < -0.3 is 5.32 Å². The van der Waals surface area contributed by atoms with Crippen LogP contribution in [0.5, 0.6) is 0 Å². The van der Waals surface area contributed by atoms with E-state index in [4.69, 9.17) is 0 Å². The second kappa shape index (κ2) is 10.2. The molecule has 3 rings (SSSR count). The van der Waals surface area contributed by atoms with Crippen LogP contribution in [0.3, 0.4) is 0 Å². The molecule has 1 unspecified atom stereocenters. The maximum absolute atomic E-state index is 14.5. The fourth-order valence-corrected chi connectivity index (χ4v) is 3.83. The van der Waals surface area contributed by atoms with Crippen LogP contribution in [-0.4, -0.2) is 30.4 Å². The second-order valence-corrected chi connectivity index (χ2v) is 11.4. The number of nitrogens with one attached hydrogen (secondary N) is 2. The Kier molecular flexibility index (Phi) is 7.76. The van der Waals surface area contributed by atoms with Crippen LogP contribution in [-0.2, 0) is 33.3 Å². The van der Waals surface area contributed by atoms with Crippen LogP contribution >= 0.6 is 0 Å². The van der Waals surface area contributed by atoms with Crippen molar-refractivity contribution >= 4 is 15.9 Å². The van der Waals surface area contributed by atoms with Gasteiger partial charge in [0.05, 0.1) is 35.8 Å². The minimum Gasteiger partial charge on any atom is -0.350 e. The van der Waals surface area contributed by atoms with E-state index in [1.54, 1.807) is 29.8 Å². The highest BCUT2D eigenvalue weighted by Gasteiger charge is 2.22. The molecule has 3 aromatic rings. The summed E-state index contributed by atoms with van der Waals surface area (Å²) in [7, 11) is -3.46. The van der Waals surface area contributed by atoms with Crippen molar-refractivity contribution in [2.45, 2.75) is 52.1 Å². The Morgan fingerprint density at radius 1 is 1.09 bits per heavy atom. The molecule has 2 aromatic carbocycles. The lowest BCUT2D eigenvalue weighted by Gasteiger charge is -2.15. The number of rotatable bonds is 8. The standard InChI is InChI=1S/C25H30F2N4O3S/c1-16(17-9-10-18(22(27)11-17)14-29-35(5,33)34)24(32)28-15-21-13-23(25(2,3)4)30-31(21)20-8-6-7-19(26)12-20/h6-13,16,29H,14-15H2,1-5H3,(H,28,32). The van der Waals surface area contributed by atoms with Gasteiger partial charge in [0.2, 0.25) is 15.9 Å². The summed E-state index contributed by atoms with van der Waals surface area (Å²) in [4.78, 5) is 12.9. The Morgan fingerprint density at radius 3 is 2.40 bits per heavy atom. The van der Waals surface area contributed by atoms with E-state index in [9.17, 15) is 22.0 Å². The van der Waals surface area contributed by atoms with Gasteiger partial charge in [0.25, 0.3) is 0 Å². The Morgan fingerprint density at radius 2 is 1.80 bits per heavy atom. The van der Waals surface area contributed by atoms with E-state index < -0.39 is 27.6 Å². The molecule has 1 aromatic heterocycles. The first kappa shape index (κ1) is 26.5. The number of hydrogen-bond donors (Lipinski definition) is 2. The molecule has 1 atom stereocenters. The fourth-order valence-electron chi connectivity index (χ4n) is 3.41. The summed E-state index contributed by atoms with van der Waals surface area (Å²) in [6.45, 7) is 7.66. The molecule has 0 aliphatic heterocycles. The molecule has 188 valence electrons. The summed E-state index contributed by atoms with van der Waals surface area (Å²) < 4.78 is 54.6. The van der Waals surface area contributed by atoms with Crippen molar-refractivity contribution in [1.82, 2.24) is 19.8 Å². The molecule has 1 heterocycles. The Labute approximate surface area is 204 Å². The summed E-state index contributed by atoms with van der Waals surface area (Å²) in [6, 6.07) is 12.2. The lowest BCUT2D eigenvalue weighted by Crippen LogP contribution is -2.28. The van der Waals surface area contributed by atoms with Gasteiger partial charge in [0, 0.05) is 17.5 Å². The summed E-state index contributed by atoms with van der Waals surface area (Å²) in [6.07, 6.45) is 0.996. The van der Waals surface area contributed by atoms with Crippen molar-refractivity contribution in [3.63, 3.8) is 0 Å². The van der Waals surface area contributed by atoms with Gasteiger partial charge in [-0.05, 0) is 42.8 Å². The molecule has 0 aliphatic carbocycles. The van der Waals surface area contributed by atoms with E-state index in [0.717, 1.165) is 11.9 Å². The first-order chi connectivity index (χ1) is 16.2. The molecular formula is C25H30F2N4O3S. The molecule has 35 heavy (non-hydrogen) atoms. The maximum Gasteiger partial charge on any atom is 0.227 e. The number of nitrogens with zero attached hydrogens (tertiary/aromatic N) is 2. The van der Waals surface area contributed by atoms with E-state index in [1.165, 1.54) is 24.3 Å². The zero-order valence-corrected chi connectivity index (χ0v) is 21.2. The fraction of sp³-hybridized carbons (Fsp3) is 0.360. The minimum absolute atomic E-state index is 0.140. The number of halogens is 2. The third kappa shape index (κ3) is 6.95. The van der Waals surface area contributed by atoms with Crippen LogP contribution in [0.15, 0.2) is 48.5 Å². The molecule has 0 saturated heterocycles. The second-order valence-electron chi connectivity index (χ2n) is 9.55. The molecular weight excluding hydrogens is 474 g/mol. The molecule has 7 nitrogen and oxygen atoms in total. The molecule has 0 radical (unpaired) electrons. The maximum atomic E-state index is 14.5. The Bertz CT molecular complexity index is 1330. The van der Waals surface area contributed by atoms with Gasteiger partial charge in [-0.15, -0.1) is 0 Å². The largest absolute Gasteiger partial charge is 0.350 e. The van der Waals surface area contributed by atoms with Gasteiger partial charge in [0.15, 0.2) is 0 Å².